The lowest BCUT2D eigenvalue weighted by molar-refractivity contribution is 0.0929. The number of aryl methyl sites for hydroxylation is 1. The standard InChI is InChI=1S/C16H17N5O3S/c1-10-8-9-17-16-19-14(20-21(10)16)15(22)18-11(2)12-4-6-13(7-5-12)25(3,23)24/h4-9,11H,1-3H3,(H,18,22). The number of amides is 1. The predicted octanol–water partition coefficient (Wildman–Crippen LogP) is 1.33. The molecule has 3 rings (SSSR count). The average Bonchev–Trinajstić information content (AvgIpc) is 3.00. The summed E-state index contributed by atoms with van der Waals surface area (Å²) in [4.78, 5) is 20.8. The molecule has 1 atom stereocenters. The van der Waals surface area contributed by atoms with Gasteiger partial charge in [-0.15, -0.1) is 5.10 Å². The van der Waals surface area contributed by atoms with Gasteiger partial charge in [-0.3, -0.25) is 4.79 Å². The lowest BCUT2D eigenvalue weighted by atomic mass is 10.1. The summed E-state index contributed by atoms with van der Waals surface area (Å²) in [6, 6.07) is 7.82. The van der Waals surface area contributed by atoms with Crippen molar-refractivity contribution in [2.45, 2.75) is 24.8 Å². The van der Waals surface area contributed by atoms with Crippen LogP contribution in [0.4, 0.5) is 0 Å². The third-order valence-electron chi connectivity index (χ3n) is 3.79. The van der Waals surface area contributed by atoms with Crippen LogP contribution in [0.15, 0.2) is 41.4 Å². The Morgan fingerprint density at radius 3 is 2.48 bits per heavy atom. The van der Waals surface area contributed by atoms with E-state index in [-0.39, 0.29) is 16.8 Å². The number of nitrogens with zero attached hydrogens (tertiary/aromatic N) is 4. The first kappa shape index (κ1) is 17.0. The molecule has 0 radical (unpaired) electrons. The van der Waals surface area contributed by atoms with Gasteiger partial charge in [0.05, 0.1) is 10.9 Å². The van der Waals surface area contributed by atoms with Crippen molar-refractivity contribution in [2.75, 3.05) is 6.26 Å². The van der Waals surface area contributed by atoms with E-state index in [1.165, 1.54) is 16.6 Å². The van der Waals surface area contributed by atoms with E-state index in [2.05, 4.69) is 20.4 Å². The van der Waals surface area contributed by atoms with E-state index < -0.39 is 15.7 Å². The molecule has 1 aromatic carbocycles. The molecular weight excluding hydrogens is 342 g/mol. The summed E-state index contributed by atoms with van der Waals surface area (Å²) in [6.45, 7) is 3.64. The summed E-state index contributed by atoms with van der Waals surface area (Å²) in [6.07, 6.45) is 2.76. The third-order valence-corrected chi connectivity index (χ3v) is 4.92. The highest BCUT2D eigenvalue weighted by molar-refractivity contribution is 7.90. The van der Waals surface area contributed by atoms with Crippen LogP contribution in [-0.4, -0.2) is 40.2 Å². The molecule has 0 aliphatic heterocycles. The first-order valence-electron chi connectivity index (χ1n) is 7.55. The highest BCUT2D eigenvalue weighted by Gasteiger charge is 2.17. The minimum Gasteiger partial charge on any atom is -0.343 e. The Hall–Kier alpha value is -2.81. The van der Waals surface area contributed by atoms with Crippen LogP contribution < -0.4 is 5.32 Å². The summed E-state index contributed by atoms with van der Waals surface area (Å²) >= 11 is 0. The van der Waals surface area contributed by atoms with Gasteiger partial charge in [0.2, 0.25) is 5.82 Å². The first-order valence-corrected chi connectivity index (χ1v) is 9.44. The van der Waals surface area contributed by atoms with Crippen LogP contribution in [0, 0.1) is 6.92 Å². The minimum absolute atomic E-state index is 0.0291. The van der Waals surface area contributed by atoms with Crippen LogP contribution in [0.1, 0.15) is 34.8 Å². The normalized spacial score (nSPS) is 12.9. The molecule has 1 N–H and O–H groups in total. The first-order chi connectivity index (χ1) is 11.8. The van der Waals surface area contributed by atoms with Crippen molar-refractivity contribution in [3.63, 3.8) is 0 Å². The van der Waals surface area contributed by atoms with E-state index in [0.29, 0.717) is 5.78 Å². The summed E-state index contributed by atoms with van der Waals surface area (Å²) in [5, 5.41) is 6.95. The topological polar surface area (TPSA) is 106 Å². The van der Waals surface area contributed by atoms with Gasteiger partial charge in [0, 0.05) is 18.1 Å². The number of fused-ring (bicyclic) bond motifs is 1. The van der Waals surface area contributed by atoms with E-state index in [0.717, 1.165) is 17.5 Å². The molecule has 0 aliphatic carbocycles. The molecule has 9 heteroatoms. The molecule has 3 aromatic rings. The maximum Gasteiger partial charge on any atom is 0.291 e. The van der Waals surface area contributed by atoms with Crippen molar-refractivity contribution < 1.29 is 13.2 Å². The van der Waals surface area contributed by atoms with Gasteiger partial charge in [0.1, 0.15) is 0 Å². The predicted molar refractivity (Wildman–Crippen MR) is 91.0 cm³/mol. The molecule has 0 bridgehead atoms. The fraction of sp³-hybridized carbons (Fsp3) is 0.250. The Morgan fingerprint density at radius 1 is 1.20 bits per heavy atom. The minimum atomic E-state index is -3.25. The Balaban J connectivity index is 1.78. The lowest BCUT2D eigenvalue weighted by Crippen LogP contribution is -2.27. The number of aromatic nitrogens is 4. The largest absolute Gasteiger partial charge is 0.343 e. The fourth-order valence-electron chi connectivity index (χ4n) is 2.35. The molecule has 1 unspecified atom stereocenters. The van der Waals surface area contributed by atoms with E-state index in [1.54, 1.807) is 31.3 Å². The lowest BCUT2D eigenvalue weighted by Gasteiger charge is -2.13. The van der Waals surface area contributed by atoms with Crippen LogP contribution in [0.5, 0.6) is 0 Å². The van der Waals surface area contributed by atoms with Gasteiger partial charge in [0.25, 0.3) is 11.7 Å². The summed E-state index contributed by atoms with van der Waals surface area (Å²) < 4.78 is 24.5. The Bertz CT molecular complexity index is 1040. The molecular formula is C16H17N5O3S. The van der Waals surface area contributed by atoms with Crippen LogP contribution >= 0.6 is 0 Å². The molecule has 0 aliphatic rings. The quantitative estimate of drug-likeness (QED) is 0.753. The number of hydrogen-bond acceptors (Lipinski definition) is 6. The summed E-state index contributed by atoms with van der Waals surface area (Å²) in [5.74, 6) is -0.0405. The van der Waals surface area contributed by atoms with Gasteiger partial charge in [-0.05, 0) is 37.6 Å². The molecule has 2 aromatic heterocycles. The third kappa shape index (κ3) is 3.50. The van der Waals surface area contributed by atoms with E-state index in [4.69, 9.17) is 0 Å². The maximum atomic E-state index is 12.4. The maximum absolute atomic E-state index is 12.4. The molecule has 8 nitrogen and oxygen atoms in total. The van der Waals surface area contributed by atoms with Gasteiger partial charge in [-0.25, -0.2) is 17.9 Å². The summed E-state index contributed by atoms with van der Waals surface area (Å²) in [7, 11) is -3.25. The number of rotatable bonds is 4. The van der Waals surface area contributed by atoms with Crippen LogP contribution in [-0.2, 0) is 9.84 Å². The summed E-state index contributed by atoms with van der Waals surface area (Å²) in [5.41, 5.74) is 1.60. The monoisotopic (exact) mass is 359 g/mol. The molecule has 0 fully saturated rings. The van der Waals surface area contributed by atoms with Crippen molar-refractivity contribution in [3.8, 4) is 0 Å². The molecule has 0 spiro atoms. The van der Waals surface area contributed by atoms with E-state index in [9.17, 15) is 13.2 Å². The molecule has 0 saturated carbocycles. The van der Waals surface area contributed by atoms with Gasteiger partial charge in [0.15, 0.2) is 9.84 Å². The highest BCUT2D eigenvalue weighted by Crippen LogP contribution is 2.16. The molecule has 130 valence electrons. The van der Waals surface area contributed by atoms with Crippen LogP contribution in [0.2, 0.25) is 0 Å². The Morgan fingerprint density at radius 2 is 1.88 bits per heavy atom. The molecule has 2 heterocycles. The highest BCUT2D eigenvalue weighted by atomic mass is 32.2. The van der Waals surface area contributed by atoms with Crippen LogP contribution in [0.25, 0.3) is 5.78 Å². The Kier molecular flexibility index (Phi) is 4.25. The SMILES string of the molecule is Cc1ccnc2nc(C(=O)NC(C)c3ccc(S(C)(=O)=O)cc3)nn12. The number of sulfone groups is 1. The van der Waals surface area contributed by atoms with E-state index >= 15 is 0 Å². The van der Waals surface area contributed by atoms with Crippen molar-refractivity contribution in [3.05, 3.63) is 53.6 Å². The van der Waals surface area contributed by atoms with Gasteiger partial charge < -0.3 is 5.32 Å². The second kappa shape index (κ2) is 6.25. The number of hydrogen-bond donors (Lipinski definition) is 1. The molecule has 0 saturated heterocycles. The number of nitrogens with one attached hydrogen (secondary N) is 1. The average molecular weight is 359 g/mol. The number of carbonyl (C=O) groups excluding carboxylic acids is 1. The van der Waals surface area contributed by atoms with Crippen LogP contribution in [0.3, 0.4) is 0 Å². The van der Waals surface area contributed by atoms with Gasteiger partial charge in [-0.2, -0.15) is 4.98 Å². The van der Waals surface area contributed by atoms with Crippen molar-refractivity contribution in [2.24, 2.45) is 0 Å². The second-order valence-electron chi connectivity index (χ2n) is 5.77. The number of benzene rings is 1. The molecule has 25 heavy (non-hydrogen) atoms. The second-order valence-corrected chi connectivity index (χ2v) is 7.79. The van der Waals surface area contributed by atoms with Crippen molar-refractivity contribution >= 4 is 21.5 Å². The fourth-order valence-corrected chi connectivity index (χ4v) is 2.98. The Labute approximate surface area is 144 Å². The zero-order valence-electron chi connectivity index (χ0n) is 14.0. The van der Waals surface area contributed by atoms with Crippen molar-refractivity contribution in [1.29, 1.82) is 0 Å². The smallest absolute Gasteiger partial charge is 0.291 e. The zero-order valence-corrected chi connectivity index (χ0v) is 14.8. The van der Waals surface area contributed by atoms with E-state index in [1.807, 2.05) is 6.92 Å². The number of carbonyl (C=O) groups is 1. The molecule has 1 amide bonds. The zero-order chi connectivity index (χ0) is 18.2. The van der Waals surface area contributed by atoms with Gasteiger partial charge in [-0.1, -0.05) is 12.1 Å². The van der Waals surface area contributed by atoms with Crippen molar-refractivity contribution in [1.82, 2.24) is 24.9 Å². The van der Waals surface area contributed by atoms with Gasteiger partial charge >= 0.3 is 0 Å².